The average Bonchev–Trinajstić information content (AvgIpc) is 3.45. The Morgan fingerprint density at radius 1 is 1.09 bits per heavy atom. The van der Waals surface area contributed by atoms with Crippen molar-refractivity contribution in [1.29, 1.82) is 0 Å². The molecule has 2 amide bonds. The minimum Gasteiger partial charge on any atom is -0.338 e. The van der Waals surface area contributed by atoms with Crippen molar-refractivity contribution in [3.8, 4) is 0 Å². The highest BCUT2D eigenvalue weighted by Crippen LogP contribution is 2.67. The van der Waals surface area contributed by atoms with Gasteiger partial charge in [-0.05, 0) is 79.9 Å². The SMILES string of the molecule is CN1C(=O)C=C[C@]2(C)[C@H]3CC[C@]4(C)[C@@H](c5csc(NC(=O)c6ccccc6)n5)CC[C@H]4[C@@H]3CC[C@@H]12. The van der Waals surface area contributed by atoms with E-state index in [0.29, 0.717) is 40.4 Å². The molecule has 2 heterocycles. The lowest BCUT2D eigenvalue weighted by Crippen LogP contribution is -2.59. The average molecular weight is 490 g/mol. The first-order chi connectivity index (χ1) is 16.8. The van der Waals surface area contributed by atoms with Gasteiger partial charge in [-0.15, -0.1) is 11.3 Å². The molecule has 0 unspecified atom stereocenters. The normalized spacial score (nSPS) is 38.0. The van der Waals surface area contributed by atoms with Gasteiger partial charge in [0.05, 0.1) is 5.69 Å². The summed E-state index contributed by atoms with van der Waals surface area (Å²) in [6.07, 6.45) is 11.3. The van der Waals surface area contributed by atoms with E-state index < -0.39 is 0 Å². The number of thiazole rings is 1. The molecule has 0 radical (unpaired) electrons. The molecule has 6 heteroatoms. The molecule has 1 aromatic heterocycles. The number of carbonyl (C=O) groups is 2. The van der Waals surface area contributed by atoms with Gasteiger partial charge in [-0.3, -0.25) is 14.9 Å². The lowest BCUT2D eigenvalue weighted by molar-refractivity contribution is -0.138. The molecule has 0 spiro atoms. The van der Waals surface area contributed by atoms with E-state index in [2.05, 4.69) is 30.6 Å². The Morgan fingerprint density at radius 2 is 1.89 bits per heavy atom. The molecule has 6 rings (SSSR count). The lowest BCUT2D eigenvalue weighted by atomic mass is 9.47. The Kier molecular flexibility index (Phi) is 5.44. The van der Waals surface area contributed by atoms with Crippen molar-refractivity contribution < 1.29 is 9.59 Å². The first kappa shape index (κ1) is 23.0. The smallest absolute Gasteiger partial charge is 0.257 e. The quantitative estimate of drug-likeness (QED) is 0.565. The number of fused-ring (bicyclic) bond motifs is 5. The molecule has 1 aliphatic heterocycles. The number of nitrogens with zero attached hydrogens (tertiary/aromatic N) is 2. The Hall–Kier alpha value is -2.47. The molecule has 0 bridgehead atoms. The van der Waals surface area contributed by atoms with Crippen molar-refractivity contribution in [2.75, 3.05) is 12.4 Å². The van der Waals surface area contributed by atoms with Crippen LogP contribution in [0, 0.1) is 28.6 Å². The third-order valence-corrected chi connectivity index (χ3v) is 11.0. The summed E-state index contributed by atoms with van der Waals surface area (Å²) in [5, 5.41) is 5.88. The number of carbonyl (C=O) groups excluding carboxylic acids is 2. The van der Waals surface area contributed by atoms with E-state index in [0.717, 1.165) is 12.1 Å². The van der Waals surface area contributed by atoms with Gasteiger partial charge < -0.3 is 4.90 Å². The van der Waals surface area contributed by atoms with Gasteiger partial charge in [-0.1, -0.05) is 38.1 Å². The van der Waals surface area contributed by atoms with Crippen LogP contribution < -0.4 is 5.32 Å². The molecule has 3 fully saturated rings. The number of rotatable bonds is 3. The number of likely N-dealkylation sites (N-methyl/N-ethyl adjacent to an activating group) is 1. The lowest BCUT2D eigenvalue weighted by Gasteiger charge is -2.60. The van der Waals surface area contributed by atoms with E-state index in [1.807, 2.05) is 48.4 Å². The second-order valence-corrected chi connectivity index (χ2v) is 12.5. The summed E-state index contributed by atoms with van der Waals surface area (Å²) in [6.45, 7) is 4.92. The predicted octanol–water partition coefficient (Wildman–Crippen LogP) is 6.12. The van der Waals surface area contributed by atoms with E-state index in [-0.39, 0.29) is 22.6 Å². The number of anilines is 1. The van der Waals surface area contributed by atoms with E-state index in [4.69, 9.17) is 4.98 Å². The first-order valence-corrected chi connectivity index (χ1v) is 14.0. The van der Waals surface area contributed by atoms with E-state index in [1.165, 1.54) is 32.1 Å². The van der Waals surface area contributed by atoms with Crippen LogP contribution in [0.25, 0.3) is 0 Å². The van der Waals surface area contributed by atoms with Crippen molar-refractivity contribution in [1.82, 2.24) is 9.88 Å². The molecular formula is C29H35N3O2S. The fourth-order valence-electron chi connectivity index (χ4n) is 8.49. The van der Waals surface area contributed by atoms with Crippen LogP contribution in [0.5, 0.6) is 0 Å². The largest absolute Gasteiger partial charge is 0.338 e. The Balaban J connectivity index is 1.21. The van der Waals surface area contributed by atoms with Crippen LogP contribution in [0.15, 0.2) is 47.9 Å². The van der Waals surface area contributed by atoms with Crippen LogP contribution in [0.1, 0.15) is 74.3 Å². The van der Waals surface area contributed by atoms with E-state index >= 15 is 0 Å². The highest BCUT2D eigenvalue weighted by molar-refractivity contribution is 7.14. The number of nitrogens with one attached hydrogen (secondary N) is 1. The molecule has 1 aromatic carbocycles. The molecular weight excluding hydrogens is 454 g/mol. The summed E-state index contributed by atoms with van der Waals surface area (Å²) in [4.78, 5) is 31.9. The zero-order chi connectivity index (χ0) is 24.4. The van der Waals surface area contributed by atoms with Gasteiger partial charge in [0.15, 0.2) is 5.13 Å². The monoisotopic (exact) mass is 489 g/mol. The van der Waals surface area contributed by atoms with Crippen LogP contribution in [-0.4, -0.2) is 34.8 Å². The van der Waals surface area contributed by atoms with Crippen molar-refractivity contribution in [3.05, 3.63) is 59.1 Å². The minimum absolute atomic E-state index is 0.0838. The van der Waals surface area contributed by atoms with Gasteiger partial charge in [-0.2, -0.15) is 0 Å². The molecule has 5 nitrogen and oxygen atoms in total. The van der Waals surface area contributed by atoms with Crippen molar-refractivity contribution >= 4 is 28.3 Å². The fourth-order valence-corrected chi connectivity index (χ4v) is 9.25. The molecule has 3 saturated carbocycles. The maximum Gasteiger partial charge on any atom is 0.257 e. The number of hydrogen-bond donors (Lipinski definition) is 1. The van der Waals surface area contributed by atoms with Crippen molar-refractivity contribution in [2.24, 2.45) is 28.6 Å². The predicted molar refractivity (Wildman–Crippen MR) is 139 cm³/mol. The molecule has 0 saturated heterocycles. The third-order valence-electron chi connectivity index (χ3n) is 10.3. The van der Waals surface area contributed by atoms with Crippen molar-refractivity contribution in [2.45, 2.75) is 64.3 Å². The Labute approximate surface area is 212 Å². The van der Waals surface area contributed by atoms with Gasteiger partial charge in [0.2, 0.25) is 5.91 Å². The minimum atomic E-state index is -0.100. The molecule has 7 atom stereocenters. The highest BCUT2D eigenvalue weighted by atomic mass is 32.1. The molecule has 2 aromatic rings. The molecule has 1 N–H and O–H groups in total. The van der Waals surface area contributed by atoms with Gasteiger partial charge in [0, 0.05) is 35.4 Å². The molecule has 184 valence electrons. The summed E-state index contributed by atoms with van der Waals surface area (Å²) < 4.78 is 0. The number of aromatic nitrogens is 1. The fraction of sp³-hybridized carbons (Fsp3) is 0.552. The molecule has 4 aliphatic rings. The second-order valence-electron chi connectivity index (χ2n) is 11.7. The Morgan fingerprint density at radius 3 is 2.69 bits per heavy atom. The van der Waals surface area contributed by atoms with E-state index in [1.54, 1.807) is 11.3 Å². The van der Waals surface area contributed by atoms with Gasteiger partial charge in [0.25, 0.3) is 5.91 Å². The summed E-state index contributed by atoms with van der Waals surface area (Å²) in [5.41, 5.74) is 2.15. The highest BCUT2D eigenvalue weighted by Gasteiger charge is 2.60. The standard InChI is InChI=1S/C29H35N3O2S/c1-28-15-13-21-19(9-12-24-29(21,2)16-14-25(33)32(24)3)20(28)10-11-22(28)23-17-35-27(30-23)31-26(34)18-7-5-4-6-8-18/h4-8,14,16-17,19-22,24H,9-13,15H2,1-3H3,(H,30,31,34)/t19-,20-,21-,22+,24+,28-,29+/m0/s1. The zero-order valence-electron chi connectivity index (χ0n) is 20.9. The molecule has 3 aliphatic carbocycles. The van der Waals surface area contributed by atoms with E-state index in [9.17, 15) is 9.59 Å². The van der Waals surface area contributed by atoms with Gasteiger partial charge in [0.1, 0.15) is 0 Å². The number of hydrogen-bond acceptors (Lipinski definition) is 4. The summed E-state index contributed by atoms with van der Waals surface area (Å²) in [7, 11) is 1.99. The maximum atomic E-state index is 12.6. The van der Waals surface area contributed by atoms with Crippen molar-refractivity contribution in [3.63, 3.8) is 0 Å². The van der Waals surface area contributed by atoms with Gasteiger partial charge in [-0.25, -0.2) is 4.98 Å². The third kappa shape index (κ3) is 3.51. The summed E-state index contributed by atoms with van der Waals surface area (Å²) in [5.74, 6) is 2.55. The van der Waals surface area contributed by atoms with Crippen LogP contribution in [0.4, 0.5) is 5.13 Å². The second kappa shape index (κ2) is 8.29. The summed E-state index contributed by atoms with van der Waals surface area (Å²) >= 11 is 1.55. The summed E-state index contributed by atoms with van der Waals surface area (Å²) in [6, 6.07) is 9.66. The van der Waals surface area contributed by atoms with Crippen LogP contribution in [-0.2, 0) is 4.79 Å². The first-order valence-electron chi connectivity index (χ1n) is 13.1. The van der Waals surface area contributed by atoms with Crippen LogP contribution in [0.3, 0.4) is 0 Å². The number of benzene rings is 1. The Bertz CT molecular complexity index is 1180. The molecule has 35 heavy (non-hydrogen) atoms. The van der Waals surface area contributed by atoms with Crippen LogP contribution in [0.2, 0.25) is 0 Å². The maximum absolute atomic E-state index is 12.6. The number of amides is 2. The van der Waals surface area contributed by atoms with Crippen LogP contribution >= 0.6 is 11.3 Å². The topological polar surface area (TPSA) is 62.3 Å². The van der Waals surface area contributed by atoms with Gasteiger partial charge >= 0.3 is 0 Å². The zero-order valence-corrected chi connectivity index (χ0v) is 21.7.